The molecule has 1 atom stereocenters. The first kappa shape index (κ1) is 15.4. The molecule has 2 rings (SSSR count). The molecule has 0 aliphatic rings. The molecule has 4 heteroatoms. The first-order valence-corrected chi connectivity index (χ1v) is 7.41. The van der Waals surface area contributed by atoms with Crippen LogP contribution in [0.5, 0.6) is 0 Å². The lowest BCUT2D eigenvalue weighted by Crippen LogP contribution is -2.36. The SMILES string of the molecule is C[C@@H](CCc1ccccc1)NC(=S)Nc1ccc(F)cc1. The van der Waals surface area contributed by atoms with Crippen LogP contribution in [0.15, 0.2) is 54.6 Å². The Labute approximate surface area is 130 Å². The summed E-state index contributed by atoms with van der Waals surface area (Å²) in [5, 5.41) is 6.85. The molecule has 110 valence electrons. The van der Waals surface area contributed by atoms with Gasteiger partial charge in [-0.25, -0.2) is 4.39 Å². The number of rotatable bonds is 5. The van der Waals surface area contributed by atoms with Crippen molar-refractivity contribution in [3.05, 3.63) is 66.0 Å². The molecular weight excluding hydrogens is 283 g/mol. The van der Waals surface area contributed by atoms with Crippen LogP contribution in [0.4, 0.5) is 10.1 Å². The Balaban J connectivity index is 1.75. The summed E-state index contributed by atoms with van der Waals surface area (Å²) >= 11 is 5.26. The Bertz CT molecular complexity index is 569. The maximum absolute atomic E-state index is 12.8. The molecule has 0 aromatic heterocycles. The van der Waals surface area contributed by atoms with Gasteiger partial charge in [-0.15, -0.1) is 0 Å². The van der Waals surface area contributed by atoms with E-state index >= 15 is 0 Å². The van der Waals surface area contributed by atoms with Crippen molar-refractivity contribution in [3.8, 4) is 0 Å². The zero-order valence-corrected chi connectivity index (χ0v) is 12.8. The molecule has 0 saturated heterocycles. The summed E-state index contributed by atoms with van der Waals surface area (Å²) in [6.07, 6.45) is 2.00. The minimum absolute atomic E-state index is 0.254. The molecule has 0 heterocycles. The molecule has 0 fully saturated rings. The summed E-state index contributed by atoms with van der Waals surface area (Å²) in [7, 11) is 0. The quantitative estimate of drug-likeness (QED) is 0.812. The molecular formula is C17H19FN2S. The zero-order valence-electron chi connectivity index (χ0n) is 12.0. The van der Waals surface area contributed by atoms with Crippen molar-refractivity contribution < 1.29 is 4.39 Å². The number of hydrogen-bond acceptors (Lipinski definition) is 1. The van der Waals surface area contributed by atoms with Gasteiger partial charge in [0.1, 0.15) is 5.82 Å². The summed E-state index contributed by atoms with van der Waals surface area (Å²) in [5.74, 6) is -0.254. The van der Waals surface area contributed by atoms with Gasteiger partial charge in [0.15, 0.2) is 5.11 Å². The third kappa shape index (κ3) is 5.52. The fourth-order valence-corrected chi connectivity index (χ4v) is 2.34. The van der Waals surface area contributed by atoms with Gasteiger partial charge >= 0.3 is 0 Å². The van der Waals surface area contributed by atoms with Crippen LogP contribution in [0.3, 0.4) is 0 Å². The monoisotopic (exact) mass is 302 g/mol. The predicted molar refractivity (Wildman–Crippen MR) is 90.0 cm³/mol. The van der Waals surface area contributed by atoms with E-state index in [-0.39, 0.29) is 11.9 Å². The van der Waals surface area contributed by atoms with Gasteiger partial charge in [0.25, 0.3) is 0 Å². The molecule has 0 saturated carbocycles. The van der Waals surface area contributed by atoms with Gasteiger partial charge in [0.2, 0.25) is 0 Å². The average Bonchev–Trinajstić information content (AvgIpc) is 2.48. The minimum atomic E-state index is -0.254. The largest absolute Gasteiger partial charge is 0.360 e. The summed E-state index contributed by atoms with van der Waals surface area (Å²) in [6.45, 7) is 2.10. The fourth-order valence-electron chi connectivity index (χ4n) is 2.02. The third-order valence-corrected chi connectivity index (χ3v) is 3.41. The highest BCUT2D eigenvalue weighted by atomic mass is 32.1. The van der Waals surface area contributed by atoms with Crippen molar-refractivity contribution in [2.45, 2.75) is 25.8 Å². The molecule has 2 aromatic carbocycles. The normalized spacial score (nSPS) is 11.7. The Morgan fingerprint density at radius 3 is 2.43 bits per heavy atom. The second-order valence-corrected chi connectivity index (χ2v) is 5.44. The van der Waals surface area contributed by atoms with Crippen LogP contribution < -0.4 is 10.6 Å². The zero-order chi connectivity index (χ0) is 15.1. The van der Waals surface area contributed by atoms with Crippen LogP contribution in [-0.2, 0) is 6.42 Å². The molecule has 0 bridgehead atoms. The molecule has 0 spiro atoms. The first-order valence-electron chi connectivity index (χ1n) is 7.00. The number of aryl methyl sites for hydroxylation is 1. The third-order valence-electron chi connectivity index (χ3n) is 3.19. The lowest BCUT2D eigenvalue weighted by atomic mass is 10.1. The van der Waals surface area contributed by atoms with Gasteiger partial charge in [-0.1, -0.05) is 30.3 Å². The Morgan fingerprint density at radius 1 is 1.10 bits per heavy atom. The van der Waals surface area contributed by atoms with Gasteiger partial charge in [0.05, 0.1) is 0 Å². The molecule has 0 aliphatic carbocycles. The van der Waals surface area contributed by atoms with E-state index in [2.05, 4.69) is 29.7 Å². The highest BCUT2D eigenvalue weighted by Crippen LogP contribution is 2.09. The van der Waals surface area contributed by atoms with Crippen LogP contribution in [0.1, 0.15) is 18.9 Å². The summed E-state index contributed by atoms with van der Waals surface area (Å²) < 4.78 is 12.8. The first-order chi connectivity index (χ1) is 10.1. The summed E-state index contributed by atoms with van der Waals surface area (Å²) in [4.78, 5) is 0. The molecule has 2 aromatic rings. The van der Waals surface area contributed by atoms with E-state index in [1.54, 1.807) is 12.1 Å². The smallest absolute Gasteiger partial charge is 0.170 e. The van der Waals surface area contributed by atoms with E-state index in [0.717, 1.165) is 18.5 Å². The van der Waals surface area contributed by atoms with E-state index in [1.165, 1.54) is 17.7 Å². The molecule has 0 amide bonds. The average molecular weight is 302 g/mol. The van der Waals surface area contributed by atoms with Crippen molar-refractivity contribution in [2.75, 3.05) is 5.32 Å². The van der Waals surface area contributed by atoms with Crippen LogP contribution >= 0.6 is 12.2 Å². The topological polar surface area (TPSA) is 24.1 Å². The Hall–Kier alpha value is -1.94. The maximum Gasteiger partial charge on any atom is 0.170 e. The van der Waals surface area contributed by atoms with E-state index in [1.807, 2.05) is 18.2 Å². The van der Waals surface area contributed by atoms with Crippen molar-refractivity contribution >= 4 is 23.0 Å². The Morgan fingerprint density at radius 2 is 1.76 bits per heavy atom. The van der Waals surface area contributed by atoms with E-state index in [4.69, 9.17) is 12.2 Å². The lowest BCUT2D eigenvalue weighted by molar-refractivity contribution is 0.609. The highest BCUT2D eigenvalue weighted by molar-refractivity contribution is 7.80. The van der Waals surface area contributed by atoms with Gasteiger partial charge in [-0.3, -0.25) is 0 Å². The van der Waals surface area contributed by atoms with Crippen LogP contribution in [-0.4, -0.2) is 11.2 Å². The van der Waals surface area contributed by atoms with Gasteiger partial charge < -0.3 is 10.6 Å². The van der Waals surface area contributed by atoms with Crippen molar-refractivity contribution in [1.29, 1.82) is 0 Å². The number of halogens is 1. The summed E-state index contributed by atoms with van der Waals surface area (Å²) in [6, 6.07) is 16.8. The van der Waals surface area contributed by atoms with E-state index in [0.29, 0.717) is 5.11 Å². The molecule has 2 N–H and O–H groups in total. The van der Waals surface area contributed by atoms with Crippen LogP contribution in [0.25, 0.3) is 0 Å². The fraction of sp³-hybridized carbons (Fsp3) is 0.235. The molecule has 2 nitrogen and oxygen atoms in total. The van der Waals surface area contributed by atoms with Gasteiger partial charge in [0, 0.05) is 11.7 Å². The van der Waals surface area contributed by atoms with Crippen molar-refractivity contribution in [1.82, 2.24) is 5.32 Å². The van der Waals surface area contributed by atoms with Crippen molar-refractivity contribution in [2.24, 2.45) is 0 Å². The number of thiocarbonyl (C=S) groups is 1. The number of hydrogen-bond donors (Lipinski definition) is 2. The summed E-state index contributed by atoms with van der Waals surface area (Å²) in [5.41, 5.74) is 2.10. The molecule has 21 heavy (non-hydrogen) atoms. The second kappa shape index (κ2) is 7.74. The molecule has 0 unspecified atom stereocenters. The predicted octanol–water partition coefficient (Wildman–Crippen LogP) is 4.13. The lowest BCUT2D eigenvalue weighted by Gasteiger charge is -2.17. The molecule has 0 radical (unpaired) electrons. The maximum atomic E-state index is 12.8. The second-order valence-electron chi connectivity index (χ2n) is 5.03. The van der Waals surface area contributed by atoms with Gasteiger partial charge in [-0.2, -0.15) is 0 Å². The number of nitrogens with one attached hydrogen (secondary N) is 2. The Kier molecular flexibility index (Phi) is 5.69. The standard InChI is InChI=1S/C17H19FN2S/c1-13(7-8-14-5-3-2-4-6-14)19-17(21)20-16-11-9-15(18)10-12-16/h2-6,9-13H,7-8H2,1H3,(H2,19,20,21)/t13-/m0/s1. The van der Waals surface area contributed by atoms with E-state index in [9.17, 15) is 4.39 Å². The van der Waals surface area contributed by atoms with Crippen LogP contribution in [0, 0.1) is 5.82 Å². The van der Waals surface area contributed by atoms with Crippen molar-refractivity contribution in [3.63, 3.8) is 0 Å². The highest BCUT2D eigenvalue weighted by Gasteiger charge is 2.05. The van der Waals surface area contributed by atoms with Crippen LogP contribution in [0.2, 0.25) is 0 Å². The number of benzene rings is 2. The minimum Gasteiger partial charge on any atom is -0.360 e. The van der Waals surface area contributed by atoms with Gasteiger partial charge in [-0.05, 0) is 61.8 Å². The number of anilines is 1. The van der Waals surface area contributed by atoms with E-state index < -0.39 is 0 Å². The molecule has 0 aliphatic heterocycles.